The highest BCUT2D eigenvalue weighted by Crippen LogP contribution is 2.29. The number of aliphatic hydroxyl groups excluding tert-OH is 1. The number of amides is 1. The minimum Gasteiger partial charge on any atom is -0.465 e. The van der Waals surface area contributed by atoms with Gasteiger partial charge in [0.15, 0.2) is 0 Å². The van der Waals surface area contributed by atoms with Gasteiger partial charge in [0.05, 0.1) is 24.8 Å². The number of halogens is 1. The molecule has 2 heterocycles. The second-order valence-electron chi connectivity index (χ2n) is 5.98. The number of aliphatic hydroxyl groups is 1. The Hall–Kier alpha value is -2.46. The van der Waals surface area contributed by atoms with Crippen LogP contribution < -0.4 is 0 Å². The number of benzene rings is 1. The van der Waals surface area contributed by atoms with Gasteiger partial charge in [-0.05, 0) is 40.0 Å². The van der Waals surface area contributed by atoms with Gasteiger partial charge in [0.25, 0.3) is 0 Å². The van der Waals surface area contributed by atoms with Gasteiger partial charge in [0.2, 0.25) is 4.73 Å². The van der Waals surface area contributed by atoms with Crippen LogP contribution in [-0.2, 0) is 24.9 Å². The highest BCUT2D eigenvalue weighted by molar-refractivity contribution is 9.10. The number of carbonyl (C=O) groups is 2. The summed E-state index contributed by atoms with van der Waals surface area (Å²) in [7, 11) is 1.66. The molecule has 9 nitrogen and oxygen atoms in total. The number of carboxylic acid groups (broad SMARTS) is 1. The van der Waals surface area contributed by atoms with Crippen LogP contribution >= 0.6 is 15.9 Å². The van der Waals surface area contributed by atoms with Crippen molar-refractivity contribution in [3.05, 3.63) is 44.9 Å². The van der Waals surface area contributed by atoms with E-state index in [1.165, 1.54) is 4.68 Å². The Labute approximate surface area is 157 Å². The molecule has 0 radical (unpaired) electrons. The smallest absolute Gasteiger partial charge is 0.407 e. The lowest BCUT2D eigenvalue weighted by Crippen LogP contribution is -2.34. The molecule has 2 N–H and O–H groups in total. The second-order valence-corrected chi connectivity index (χ2v) is 6.69. The third-order valence-electron chi connectivity index (χ3n) is 4.39. The molecule has 2 aromatic rings. The van der Waals surface area contributed by atoms with Crippen LogP contribution in [0.1, 0.15) is 39.0 Å². The molecule has 3 rings (SSSR count). The van der Waals surface area contributed by atoms with Crippen LogP contribution in [0.5, 0.6) is 0 Å². The fourth-order valence-electron chi connectivity index (χ4n) is 2.94. The first-order valence-corrected chi connectivity index (χ1v) is 8.58. The average Bonchev–Trinajstić information content (AvgIpc) is 3.10. The normalized spacial score (nSPS) is 14.1. The first-order chi connectivity index (χ1) is 12.3. The van der Waals surface area contributed by atoms with Crippen molar-refractivity contribution in [3.8, 4) is 0 Å². The fraction of sp³-hybridized carbons (Fsp3) is 0.375. The van der Waals surface area contributed by atoms with Crippen LogP contribution in [0.4, 0.5) is 4.79 Å². The molecule has 0 spiro atoms. The van der Waals surface area contributed by atoms with Gasteiger partial charge in [-0.3, -0.25) is 9.58 Å². The number of hydrogen-bond donors (Lipinski definition) is 2. The molecule has 0 fully saturated rings. The largest absolute Gasteiger partial charge is 0.465 e. The predicted octanol–water partition coefficient (Wildman–Crippen LogP) is 1.77. The molecule has 0 bridgehead atoms. The number of esters is 1. The number of aromatic nitrogens is 3. The van der Waals surface area contributed by atoms with Crippen LogP contribution in [0, 0.1) is 6.92 Å². The van der Waals surface area contributed by atoms with Crippen molar-refractivity contribution in [2.45, 2.75) is 26.2 Å². The summed E-state index contributed by atoms with van der Waals surface area (Å²) in [4.78, 5) is 28.4. The van der Waals surface area contributed by atoms with Gasteiger partial charge >= 0.3 is 12.1 Å². The van der Waals surface area contributed by atoms with E-state index in [2.05, 4.69) is 26.0 Å². The van der Waals surface area contributed by atoms with E-state index in [4.69, 9.17) is 4.74 Å². The van der Waals surface area contributed by atoms with Crippen molar-refractivity contribution in [2.75, 3.05) is 6.54 Å². The Morgan fingerprint density at radius 2 is 2.23 bits per heavy atom. The van der Waals surface area contributed by atoms with Crippen LogP contribution in [0.25, 0.3) is 0 Å². The summed E-state index contributed by atoms with van der Waals surface area (Å²) < 4.78 is 6.83. The van der Waals surface area contributed by atoms with Crippen molar-refractivity contribution >= 4 is 28.0 Å². The summed E-state index contributed by atoms with van der Waals surface area (Å²) in [5.41, 5.74) is 2.50. The molecule has 1 amide bonds. The number of nitrogens with zero attached hydrogens (tertiary/aromatic N) is 4. The molecule has 1 aromatic heterocycles. The summed E-state index contributed by atoms with van der Waals surface area (Å²) in [6, 6.07) is 3.23. The van der Waals surface area contributed by atoms with Gasteiger partial charge in [-0.15, -0.1) is 5.10 Å². The average molecular weight is 425 g/mol. The Bertz CT molecular complexity index is 882. The maximum atomic E-state index is 11.6. The fourth-order valence-corrected chi connectivity index (χ4v) is 3.38. The van der Waals surface area contributed by atoms with E-state index < -0.39 is 12.2 Å². The molecule has 1 aliphatic rings. The molecule has 1 aromatic carbocycles. The highest BCUT2D eigenvalue weighted by Gasteiger charge is 2.27. The minimum atomic E-state index is -1.18. The van der Waals surface area contributed by atoms with E-state index in [1.807, 2.05) is 0 Å². The summed E-state index contributed by atoms with van der Waals surface area (Å²) >= 11 is 3.14. The zero-order valence-corrected chi connectivity index (χ0v) is 15.7. The van der Waals surface area contributed by atoms with Gasteiger partial charge in [-0.1, -0.05) is 6.07 Å². The SMILES string of the molecule is Cc1c(C(O)CN(Cc2nc(Br)nn2C)C(=O)O)ccc2c1COC2=O. The third kappa shape index (κ3) is 3.42. The Kier molecular flexibility index (Phi) is 4.97. The Balaban J connectivity index is 1.81. The van der Waals surface area contributed by atoms with Crippen LogP contribution in [0.15, 0.2) is 16.9 Å². The van der Waals surface area contributed by atoms with E-state index in [-0.39, 0.29) is 25.7 Å². The lowest BCUT2D eigenvalue weighted by atomic mass is 9.95. The molecule has 0 aliphatic carbocycles. The van der Waals surface area contributed by atoms with E-state index in [0.717, 1.165) is 16.0 Å². The van der Waals surface area contributed by atoms with Crippen molar-refractivity contribution in [1.82, 2.24) is 19.7 Å². The van der Waals surface area contributed by atoms with Crippen LogP contribution in [0.2, 0.25) is 0 Å². The third-order valence-corrected chi connectivity index (χ3v) is 4.73. The molecule has 1 aliphatic heterocycles. The van der Waals surface area contributed by atoms with Gasteiger partial charge in [-0.25, -0.2) is 14.6 Å². The molecule has 26 heavy (non-hydrogen) atoms. The number of aryl methyl sites for hydroxylation is 1. The minimum absolute atomic E-state index is 0.0208. The zero-order valence-electron chi connectivity index (χ0n) is 14.1. The summed E-state index contributed by atoms with van der Waals surface area (Å²) in [5.74, 6) is 0.0558. The standard InChI is InChI=1S/C16H17BrN4O5/c1-8-9(3-4-10-11(8)7-26-14(10)23)12(22)5-21(16(24)25)6-13-18-15(17)19-20(13)2/h3-4,12,22H,5-7H2,1-2H3,(H,24,25). The number of hydrogen-bond acceptors (Lipinski definition) is 6. The molecule has 138 valence electrons. The van der Waals surface area contributed by atoms with Crippen molar-refractivity contribution in [3.63, 3.8) is 0 Å². The van der Waals surface area contributed by atoms with Crippen LogP contribution in [0.3, 0.4) is 0 Å². The maximum absolute atomic E-state index is 11.6. The maximum Gasteiger partial charge on any atom is 0.407 e. The van der Waals surface area contributed by atoms with Gasteiger partial charge in [0, 0.05) is 12.6 Å². The van der Waals surface area contributed by atoms with Gasteiger partial charge in [-0.2, -0.15) is 0 Å². The Morgan fingerprint density at radius 3 is 2.85 bits per heavy atom. The molecular formula is C16H17BrN4O5. The van der Waals surface area contributed by atoms with Gasteiger partial charge < -0.3 is 14.9 Å². The Morgan fingerprint density at radius 1 is 1.50 bits per heavy atom. The number of rotatable bonds is 5. The van der Waals surface area contributed by atoms with E-state index in [1.54, 1.807) is 26.1 Å². The summed E-state index contributed by atoms with van der Waals surface area (Å²) in [6.07, 6.45) is -2.23. The van der Waals surface area contributed by atoms with Crippen molar-refractivity contribution in [2.24, 2.45) is 7.05 Å². The number of carbonyl (C=O) groups excluding carboxylic acids is 1. The number of fused-ring (bicyclic) bond motifs is 1. The lowest BCUT2D eigenvalue weighted by molar-refractivity contribution is 0.0534. The van der Waals surface area contributed by atoms with Gasteiger partial charge in [0.1, 0.15) is 12.4 Å². The molecule has 10 heteroatoms. The van der Waals surface area contributed by atoms with E-state index >= 15 is 0 Å². The monoisotopic (exact) mass is 424 g/mol. The highest BCUT2D eigenvalue weighted by atomic mass is 79.9. The summed E-state index contributed by atoms with van der Waals surface area (Å²) in [5, 5.41) is 24.1. The topological polar surface area (TPSA) is 118 Å². The number of cyclic esters (lactones) is 1. The first kappa shape index (κ1) is 18.3. The molecule has 1 unspecified atom stereocenters. The predicted molar refractivity (Wildman–Crippen MR) is 92.4 cm³/mol. The summed E-state index contributed by atoms with van der Waals surface area (Å²) in [6.45, 7) is 1.78. The lowest BCUT2D eigenvalue weighted by Gasteiger charge is -2.23. The van der Waals surface area contributed by atoms with Crippen molar-refractivity contribution < 1.29 is 24.5 Å². The molecule has 0 saturated heterocycles. The molecule has 0 saturated carbocycles. The zero-order chi connectivity index (χ0) is 19.0. The van der Waals surface area contributed by atoms with E-state index in [0.29, 0.717) is 21.7 Å². The van der Waals surface area contributed by atoms with E-state index in [9.17, 15) is 19.8 Å². The van der Waals surface area contributed by atoms with Crippen LogP contribution in [-0.4, -0.2) is 48.5 Å². The number of ether oxygens (including phenoxy) is 1. The van der Waals surface area contributed by atoms with Crippen molar-refractivity contribution in [1.29, 1.82) is 0 Å². The quantitative estimate of drug-likeness (QED) is 0.701. The molecular weight excluding hydrogens is 408 g/mol. The molecule has 1 atom stereocenters. The second kappa shape index (κ2) is 7.04. The first-order valence-electron chi connectivity index (χ1n) is 7.78.